The number of nitrogens with one attached hydrogen (secondary N) is 1. The summed E-state index contributed by atoms with van der Waals surface area (Å²) in [6, 6.07) is 5.33. The fraction of sp³-hybridized carbons (Fsp3) is 0.467. The quantitative estimate of drug-likeness (QED) is 0.833. The molecule has 2 rings (SSSR count). The van der Waals surface area contributed by atoms with E-state index in [-0.39, 0.29) is 11.9 Å². The van der Waals surface area contributed by atoms with Crippen molar-refractivity contribution in [2.75, 3.05) is 26.2 Å². The highest BCUT2D eigenvalue weighted by molar-refractivity contribution is 9.10. The lowest BCUT2D eigenvalue weighted by molar-refractivity contribution is 0.162. The van der Waals surface area contributed by atoms with E-state index in [2.05, 4.69) is 32.7 Å². The summed E-state index contributed by atoms with van der Waals surface area (Å²) in [5.41, 5.74) is 0.784. The van der Waals surface area contributed by atoms with Gasteiger partial charge in [0.05, 0.1) is 0 Å². The molecule has 0 radical (unpaired) electrons. The summed E-state index contributed by atoms with van der Waals surface area (Å²) < 4.78 is 15.0. The molecule has 1 heterocycles. The molecule has 0 spiro atoms. The molecule has 1 saturated heterocycles. The van der Waals surface area contributed by atoms with Crippen molar-refractivity contribution in [1.29, 1.82) is 0 Å². The van der Waals surface area contributed by atoms with Crippen LogP contribution in [0.2, 0.25) is 0 Å². The second-order valence-corrected chi connectivity index (χ2v) is 5.66. The number of hydrogen-bond donors (Lipinski definition) is 1. The van der Waals surface area contributed by atoms with Gasteiger partial charge in [0.1, 0.15) is 5.82 Å². The average molecular weight is 327 g/mol. The molecule has 1 fully saturated rings. The Hall–Kier alpha value is -0.710. The Labute approximate surface area is 122 Å². The molecule has 1 aromatic carbocycles. The van der Waals surface area contributed by atoms with E-state index in [9.17, 15) is 4.39 Å². The minimum Gasteiger partial charge on any atom is -0.314 e. The van der Waals surface area contributed by atoms with Crippen molar-refractivity contribution in [3.63, 3.8) is 0 Å². The number of rotatable bonds is 5. The summed E-state index contributed by atoms with van der Waals surface area (Å²) in [5.74, 6) is -0.123. The van der Waals surface area contributed by atoms with Crippen molar-refractivity contribution in [3.8, 4) is 0 Å². The zero-order valence-electron chi connectivity index (χ0n) is 11.0. The van der Waals surface area contributed by atoms with E-state index in [1.165, 1.54) is 0 Å². The molecule has 2 nitrogen and oxygen atoms in total. The van der Waals surface area contributed by atoms with Crippen molar-refractivity contribution in [2.45, 2.75) is 18.9 Å². The molecule has 0 bridgehead atoms. The monoisotopic (exact) mass is 326 g/mol. The van der Waals surface area contributed by atoms with Crippen molar-refractivity contribution in [2.24, 2.45) is 0 Å². The molecule has 0 aromatic heterocycles. The number of hydrogen-bond acceptors (Lipinski definition) is 2. The smallest absolute Gasteiger partial charge is 0.129 e. The highest BCUT2D eigenvalue weighted by Gasteiger charge is 2.25. The Morgan fingerprint density at radius 1 is 1.42 bits per heavy atom. The molecule has 1 N–H and O–H groups in total. The van der Waals surface area contributed by atoms with Gasteiger partial charge in [0.15, 0.2) is 0 Å². The Morgan fingerprint density at radius 2 is 2.16 bits per heavy atom. The number of nitrogens with zero attached hydrogens (tertiary/aromatic N) is 1. The van der Waals surface area contributed by atoms with Crippen molar-refractivity contribution in [3.05, 3.63) is 46.7 Å². The van der Waals surface area contributed by atoms with E-state index in [0.717, 1.165) is 49.1 Å². The molecular formula is C15H20BrFN2. The summed E-state index contributed by atoms with van der Waals surface area (Å²) in [7, 11) is 0. The van der Waals surface area contributed by atoms with Crippen LogP contribution in [-0.2, 0) is 0 Å². The lowest BCUT2D eigenvalue weighted by Gasteiger charge is -2.35. The van der Waals surface area contributed by atoms with Gasteiger partial charge in [0, 0.05) is 42.3 Å². The van der Waals surface area contributed by atoms with Crippen LogP contribution in [0.3, 0.4) is 0 Å². The van der Waals surface area contributed by atoms with Gasteiger partial charge in [-0.2, -0.15) is 0 Å². The van der Waals surface area contributed by atoms with Crippen LogP contribution in [0.25, 0.3) is 0 Å². The summed E-state index contributed by atoms with van der Waals surface area (Å²) in [6.45, 7) is 7.64. The maximum Gasteiger partial charge on any atom is 0.129 e. The van der Waals surface area contributed by atoms with Crippen LogP contribution in [-0.4, -0.2) is 31.1 Å². The first kappa shape index (κ1) is 14.7. The number of allylic oxidation sites excluding steroid dienone is 1. The second kappa shape index (κ2) is 7.17. The third-order valence-corrected chi connectivity index (χ3v) is 4.26. The fourth-order valence-corrected chi connectivity index (χ4v) is 3.21. The first-order valence-corrected chi connectivity index (χ1v) is 7.53. The molecule has 0 saturated carbocycles. The van der Waals surface area contributed by atoms with Crippen LogP contribution in [0.15, 0.2) is 35.3 Å². The molecule has 1 aromatic rings. The Balaban J connectivity index is 2.27. The third kappa shape index (κ3) is 3.65. The average Bonchev–Trinajstić information content (AvgIpc) is 2.43. The zero-order chi connectivity index (χ0) is 13.7. The maximum absolute atomic E-state index is 14.2. The van der Waals surface area contributed by atoms with Crippen molar-refractivity contribution >= 4 is 15.9 Å². The van der Waals surface area contributed by atoms with E-state index in [0.29, 0.717) is 0 Å². The van der Waals surface area contributed by atoms with Gasteiger partial charge in [-0.25, -0.2) is 4.39 Å². The van der Waals surface area contributed by atoms with Gasteiger partial charge in [-0.1, -0.05) is 28.1 Å². The molecule has 0 amide bonds. The Morgan fingerprint density at radius 3 is 2.79 bits per heavy atom. The minimum atomic E-state index is -0.123. The molecule has 4 heteroatoms. The van der Waals surface area contributed by atoms with Crippen LogP contribution in [0.1, 0.15) is 24.4 Å². The first-order chi connectivity index (χ1) is 9.24. The zero-order valence-corrected chi connectivity index (χ0v) is 12.6. The van der Waals surface area contributed by atoms with Crippen molar-refractivity contribution in [1.82, 2.24) is 10.2 Å². The number of piperazine rings is 1. The fourth-order valence-electron chi connectivity index (χ4n) is 2.61. The summed E-state index contributed by atoms with van der Waals surface area (Å²) in [6.07, 6.45) is 3.71. The van der Waals surface area contributed by atoms with E-state index < -0.39 is 0 Å². The lowest BCUT2D eigenvalue weighted by atomic mass is 9.99. The standard InChI is InChI=1S/C15H20BrFN2/c1-2-3-7-14(19-10-8-18-9-11-19)15-12(16)5-4-6-13(15)17/h2,4-6,14,18H,1,3,7-11H2/t14-/m0/s1. The molecule has 1 aliphatic heterocycles. The van der Waals surface area contributed by atoms with Gasteiger partial charge in [0.2, 0.25) is 0 Å². The van der Waals surface area contributed by atoms with Gasteiger partial charge in [-0.05, 0) is 25.0 Å². The Bertz CT molecular complexity index is 410. The number of halogens is 2. The predicted octanol–water partition coefficient (Wildman–Crippen LogP) is 3.50. The highest BCUT2D eigenvalue weighted by atomic mass is 79.9. The van der Waals surface area contributed by atoms with Crippen LogP contribution in [0.5, 0.6) is 0 Å². The largest absolute Gasteiger partial charge is 0.314 e. The van der Waals surface area contributed by atoms with Gasteiger partial charge >= 0.3 is 0 Å². The second-order valence-electron chi connectivity index (χ2n) is 4.80. The van der Waals surface area contributed by atoms with Crippen molar-refractivity contribution < 1.29 is 4.39 Å². The van der Waals surface area contributed by atoms with E-state index in [4.69, 9.17) is 0 Å². The van der Waals surface area contributed by atoms with E-state index >= 15 is 0 Å². The summed E-state index contributed by atoms with van der Waals surface area (Å²) >= 11 is 3.50. The van der Waals surface area contributed by atoms with E-state index in [1.807, 2.05) is 12.1 Å². The Kier molecular flexibility index (Phi) is 5.55. The summed E-state index contributed by atoms with van der Waals surface area (Å²) in [5, 5.41) is 3.34. The van der Waals surface area contributed by atoms with Gasteiger partial charge in [-0.3, -0.25) is 4.90 Å². The molecule has 1 aliphatic rings. The molecule has 19 heavy (non-hydrogen) atoms. The normalized spacial score (nSPS) is 18.2. The lowest BCUT2D eigenvalue weighted by Crippen LogP contribution is -2.45. The molecule has 0 aliphatic carbocycles. The molecule has 104 valence electrons. The van der Waals surface area contributed by atoms with Crippen LogP contribution in [0.4, 0.5) is 4.39 Å². The SMILES string of the molecule is C=CCC[C@@H](c1c(F)cccc1Br)N1CCNCC1. The van der Waals surface area contributed by atoms with Crippen LogP contribution < -0.4 is 5.32 Å². The van der Waals surface area contributed by atoms with Gasteiger partial charge in [0.25, 0.3) is 0 Å². The highest BCUT2D eigenvalue weighted by Crippen LogP contribution is 2.33. The topological polar surface area (TPSA) is 15.3 Å². The van der Waals surface area contributed by atoms with Crippen LogP contribution in [0, 0.1) is 5.82 Å². The maximum atomic E-state index is 14.2. The molecule has 0 unspecified atom stereocenters. The third-order valence-electron chi connectivity index (χ3n) is 3.57. The van der Waals surface area contributed by atoms with Gasteiger partial charge < -0.3 is 5.32 Å². The first-order valence-electron chi connectivity index (χ1n) is 6.73. The van der Waals surface area contributed by atoms with Gasteiger partial charge in [-0.15, -0.1) is 6.58 Å². The van der Waals surface area contributed by atoms with E-state index in [1.54, 1.807) is 12.1 Å². The summed E-state index contributed by atoms with van der Waals surface area (Å²) in [4.78, 5) is 2.36. The minimum absolute atomic E-state index is 0.121. The van der Waals surface area contributed by atoms with Crippen LogP contribution >= 0.6 is 15.9 Å². The molecular weight excluding hydrogens is 307 g/mol. The molecule has 1 atom stereocenters. The number of benzene rings is 1. The predicted molar refractivity (Wildman–Crippen MR) is 80.7 cm³/mol.